The van der Waals surface area contributed by atoms with E-state index in [0.717, 1.165) is 14.3 Å². The van der Waals surface area contributed by atoms with E-state index in [2.05, 4.69) is 58.3 Å². The lowest BCUT2D eigenvalue weighted by Crippen LogP contribution is -2.16. The van der Waals surface area contributed by atoms with Crippen molar-refractivity contribution in [2.75, 3.05) is 7.11 Å². The topological polar surface area (TPSA) is 63.8 Å². The van der Waals surface area contributed by atoms with Crippen molar-refractivity contribution >= 4 is 82.5 Å². The lowest BCUT2D eigenvalue weighted by molar-refractivity contribution is 0.0929. The molecule has 0 aliphatic rings. The zero-order chi connectivity index (χ0) is 18.8. The number of nitrogens with zero attached hydrogens (tertiary/aromatic N) is 1. The zero-order valence-corrected chi connectivity index (χ0v) is 18.7. The highest BCUT2D eigenvalue weighted by molar-refractivity contribution is 9.11. The number of furan rings is 1. The van der Waals surface area contributed by atoms with Crippen molar-refractivity contribution in [1.29, 1.82) is 0 Å². The Hall–Kier alpha value is -1.35. The van der Waals surface area contributed by atoms with Crippen LogP contribution < -0.4 is 10.2 Å². The van der Waals surface area contributed by atoms with Crippen LogP contribution in [0.1, 0.15) is 16.1 Å². The summed E-state index contributed by atoms with van der Waals surface area (Å²) < 4.78 is 13.1. The number of ether oxygens (including phenoxy) is 1. The third-order valence-corrected chi connectivity index (χ3v) is 5.28. The number of carbonyl (C=O) groups is 1. The van der Waals surface area contributed by atoms with E-state index in [0.29, 0.717) is 26.4 Å². The number of halogens is 4. The van der Waals surface area contributed by atoms with Gasteiger partial charge in [-0.25, -0.2) is 5.43 Å². The molecule has 2 aromatic carbocycles. The Morgan fingerprint density at radius 1 is 1.19 bits per heavy atom. The first kappa shape index (κ1) is 19.4. The second kappa shape index (κ2) is 8.12. The van der Waals surface area contributed by atoms with Gasteiger partial charge in [0.25, 0.3) is 0 Å². The molecule has 26 heavy (non-hydrogen) atoms. The summed E-state index contributed by atoms with van der Waals surface area (Å²) in [6.07, 6.45) is 1.48. The summed E-state index contributed by atoms with van der Waals surface area (Å²) in [7, 11) is 1.53. The zero-order valence-electron chi connectivity index (χ0n) is 13.1. The van der Waals surface area contributed by atoms with E-state index in [9.17, 15) is 4.79 Å². The molecule has 3 aromatic rings. The first-order valence-electron chi connectivity index (χ1n) is 7.14. The third-order valence-electron chi connectivity index (χ3n) is 3.36. The molecule has 1 amide bonds. The number of hydrogen-bond donors (Lipinski definition) is 1. The highest BCUT2D eigenvalue weighted by Crippen LogP contribution is 2.34. The Morgan fingerprint density at radius 3 is 2.65 bits per heavy atom. The monoisotopic (exact) mass is 562 g/mol. The van der Waals surface area contributed by atoms with Gasteiger partial charge in [-0.15, -0.1) is 0 Å². The maximum atomic E-state index is 12.2. The second-order valence-corrected chi connectivity index (χ2v) is 8.17. The van der Waals surface area contributed by atoms with Gasteiger partial charge in [-0.2, -0.15) is 5.10 Å². The van der Waals surface area contributed by atoms with Crippen LogP contribution >= 0.6 is 59.4 Å². The van der Waals surface area contributed by atoms with Gasteiger partial charge in [0, 0.05) is 9.86 Å². The van der Waals surface area contributed by atoms with Crippen LogP contribution in [0.4, 0.5) is 0 Å². The highest BCUT2D eigenvalue weighted by Gasteiger charge is 2.14. The van der Waals surface area contributed by atoms with Crippen molar-refractivity contribution in [2.45, 2.75) is 0 Å². The second-order valence-electron chi connectivity index (χ2n) is 5.13. The minimum Gasteiger partial charge on any atom is -0.494 e. The maximum Gasteiger partial charge on any atom is 0.307 e. The van der Waals surface area contributed by atoms with Gasteiger partial charge in [0.1, 0.15) is 5.58 Å². The quantitative estimate of drug-likeness (QED) is 0.305. The standard InChI is InChI=1S/C17H10Br3ClN2O3/c1-25-16-11(19)2-8(3-13(16)21)7-22-23-17(24)14-5-9-4-10(18)6-12(20)15(9)26-14/h2-7H,1H3,(H,23,24)/b22-7-. The molecule has 0 radical (unpaired) electrons. The number of benzene rings is 2. The van der Waals surface area contributed by atoms with Gasteiger partial charge in [-0.3, -0.25) is 4.79 Å². The van der Waals surface area contributed by atoms with E-state index in [4.69, 9.17) is 20.8 Å². The Kier molecular flexibility index (Phi) is 6.06. The van der Waals surface area contributed by atoms with Crippen molar-refractivity contribution in [3.8, 4) is 5.75 Å². The van der Waals surface area contributed by atoms with Gasteiger partial charge in [-0.05, 0) is 67.8 Å². The summed E-state index contributed by atoms with van der Waals surface area (Å²) in [4.78, 5) is 12.2. The minimum atomic E-state index is -0.459. The molecule has 0 saturated carbocycles. The fourth-order valence-electron chi connectivity index (χ4n) is 2.26. The number of hydrazone groups is 1. The molecule has 0 saturated heterocycles. The van der Waals surface area contributed by atoms with Gasteiger partial charge in [-0.1, -0.05) is 27.5 Å². The van der Waals surface area contributed by atoms with Crippen molar-refractivity contribution in [3.63, 3.8) is 0 Å². The van der Waals surface area contributed by atoms with E-state index < -0.39 is 5.91 Å². The predicted molar refractivity (Wildman–Crippen MR) is 112 cm³/mol. The fraction of sp³-hybridized carbons (Fsp3) is 0.0588. The molecular formula is C17H10Br3ClN2O3. The van der Waals surface area contributed by atoms with Crippen LogP contribution in [-0.2, 0) is 0 Å². The Balaban J connectivity index is 1.77. The number of carbonyl (C=O) groups excluding carboxylic acids is 1. The largest absolute Gasteiger partial charge is 0.494 e. The lowest BCUT2D eigenvalue weighted by atomic mass is 10.2. The molecule has 9 heteroatoms. The normalized spacial score (nSPS) is 11.3. The SMILES string of the molecule is COc1c(Cl)cc(/C=N\NC(=O)c2cc3cc(Br)cc(Br)c3o2)cc1Br. The first-order chi connectivity index (χ1) is 12.4. The van der Waals surface area contributed by atoms with Crippen LogP contribution in [0.2, 0.25) is 5.02 Å². The number of nitrogens with one attached hydrogen (secondary N) is 1. The molecule has 0 unspecified atom stereocenters. The highest BCUT2D eigenvalue weighted by atomic mass is 79.9. The number of fused-ring (bicyclic) bond motifs is 1. The van der Waals surface area contributed by atoms with Crippen molar-refractivity contribution < 1.29 is 13.9 Å². The average molecular weight is 565 g/mol. The van der Waals surface area contributed by atoms with Gasteiger partial charge >= 0.3 is 5.91 Å². The summed E-state index contributed by atoms with van der Waals surface area (Å²) in [5, 5.41) is 5.17. The lowest BCUT2D eigenvalue weighted by Gasteiger charge is -2.06. The van der Waals surface area contributed by atoms with E-state index >= 15 is 0 Å². The average Bonchev–Trinajstić information content (AvgIpc) is 2.99. The van der Waals surface area contributed by atoms with Gasteiger partial charge in [0.05, 0.1) is 27.3 Å². The summed E-state index contributed by atoms with van der Waals surface area (Å²) in [6.45, 7) is 0. The Labute approximate surface area is 179 Å². The Bertz CT molecular complexity index is 1010. The van der Waals surface area contributed by atoms with Crippen LogP contribution in [0.15, 0.2) is 53.3 Å². The van der Waals surface area contributed by atoms with Crippen molar-refractivity contribution in [2.24, 2.45) is 5.10 Å². The molecule has 3 rings (SSSR count). The number of methoxy groups -OCH3 is 1. The Morgan fingerprint density at radius 2 is 1.96 bits per heavy atom. The van der Waals surface area contributed by atoms with Crippen LogP contribution in [0.5, 0.6) is 5.75 Å². The molecule has 1 heterocycles. The van der Waals surface area contributed by atoms with E-state index in [-0.39, 0.29) is 5.76 Å². The molecule has 0 aliphatic carbocycles. The van der Waals surface area contributed by atoms with E-state index in [1.807, 2.05) is 12.1 Å². The molecule has 0 fully saturated rings. The third kappa shape index (κ3) is 4.14. The minimum absolute atomic E-state index is 0.157. The van der Waals surface area contributed by atoms with Gasteiger partial charge in [0.15, 0.2) is 11.5 Å². The van der Waals surface area contributed by atoms with Crippen molar-refractivity contribution in [1.82, 2.24) is 5.43 Å². The van der Waals surface area contributed by atoms with E-state index in [1.54, 1.807) is 18.2 Å². The number of rotatable bonds is 4. The van der Waals surface area contributed by atoms with Crippen LogP contribution in [0, 0.1) is 0 Å². The first-order valence-corrected chi connectivity index (χ1v) is 9.89. The smallest absolute Gasteiger partial charge is 0.307 e. The molecular weight excluding hydrogens is 555 g/mol. The van der Waals surface area contributed by atoms with E-state index in [1.165, 1.54) is 13.3 Å². The summed E-state index contributed by atoms with van der Waals surface area (Å²) in [5.41, 5.74) is 3.71. The summed E-state index contributed by atoms with van der Waals surface area (Å²) >= 11 is 16.3. The van der Waals surface area contributed by atoms with Crippen molar-refractivity contribution in [3.05, 3.63) is 60.1 Å². The molecule has 1 N–H and O–H groups in total. The van der Waals surface area contributed by atoms with Crippen LogP contribution in [0.3, 0.4) is 0 Å². The molecule has 0 spiro atoms. The van der Waals surface area contributed by atoms with Crippen LogP contribution in [-0.4, -0.2) is 19.2 Å². The summed E-state index contributed by atoms with van der Waals surface area (Å²) in [5.74, 6) is 0.232. The fourth-order valence-corrected chi connectivity index (χ4v) is 4.66. The maximum absolute atomic E-state index is 12.2. The predicted octanol–water partition coefficient (Wildman–Crippen LogP) is 6.15. The molecule has 0 atom stereocenters. The molecule has 1 aromatic heterocycles. The number of amides is 1. The number of hydrogen-bond acceptors (Lipinski definition) is 4. The van der Waals surface area contributed by atoms with Crippen LogP contribution in [0.25, 0.3) is 11.0 Å². The summed E-state index contributed by atoms with van der Waals surface area (Å²) in [6, 6.07) is 8.81. The molecule has 5 nitrogen and oxygen atoms in total. The van der Waals surface area contributed by atoms with Gasteiger partial charge in [0.2, 0.25) is 0 Å². The molecule has 0 bridgehead atoms. The molecule has 0 aliphatic heterocycles. The molecule has 134 valence electrons. The van der Waals surface area contributed by atoms with Gasteiger partial charge < -0.3 is 9.15 Å².